The van der Waals surface area contributed by atoms with Gasteiger partial charge in [-0.15, -0.1) is 0 Å². The van der Waals surface area contributed by atoms with E-state index in [9.17, 15) is 10.2 Å². The van der Waals surface area contributed by atoms with Gasteiger partial charge in [-0.1, -0.05) is 0 Å². The van der Waals surface area contributed by atoms with Crippen molar-refractivity contribution in [2.45, 2.75) is 12.2 Å². The second-order valence-corrected chi connectivity index (χ2v) is 5.62. The Morgan fingerprint density at radius 2 is 0.929 bits per heavy atom. The van der Waals surface area contributed by atoms with Crippen molar-refractivity contribution in [2.75, 3.05) is 52.4 Å². The number of rotatable bonds is 0. The summed E-state index contributed by atoms with van der Waals surface area (Å²) in [4.78, 5) is 0. The van der Waals surface area contributed by atoms with Gasteiger partial charge < -0.3 is 19.2 Å². The van der Waals surface area contributed by atoms with Crippen molar-refractivity contribution in [3.63, 3.8) is 0 Å². The molecule has 0 aromatic heterocycles. The Labute approximate surface area is 84.5 Å². The van der Waals surface area contributed by atoms with Crippen LogP contribution in [0.25, 0.3) is 0 Å². The third kappa shape index (κ3) is 1.21. The first-order valence-corrected chi connectivity index (χ1v) is 5.68. The number of aliphatic hydroxyl groups excluding tert-OH is 2. The van der Waals surface area contributed by atoms with Crippen LogP contribution in [-0.4, -0.2) is 83.7 Å². The van der Waals surface area contributed by atoms with Crippen molar-refractivity contribution in [1.29, 1.82) is 0 Å². The summed E-state index contributed by atoms with van der Waals surface area (Å²) in [6.45, 7) is 8.75. The number of piperazine rings is 1. The average molecular weight is 200 g/mol. The van der Waals surface area contributed by atoms with E-state index in [-0.39, 0.29) is 12.2 Å². The lowest BCUT2D eigenvalue weighted by Gasteiger charge is -2.58. The lowest BCUT2D eigenvalue weighted by Crippen LogP contribution is -2.79. The SMILES string of the molecule is OC1C[N+]2(CC[N+]3(CC2)CC(O)C3)C1. The van der Waals surface area contributed by atoms with Crippen LogP contribution >= 0.6 is 0 Å². The number of hydrogen-bond donors (Lipinski definition) is 2. The summed E-state index contributed by atoms with van der Waals surface area (Å²) in [6.07, 6.45) is -0.0768. The van der Waals surface area contributed by atoms with Gasteiger partial charge in [-0.2, -0.15) is 0 Å². The normalized spacial score (nSPS) is 57.0. The molecule has 4 nitrogen and oxygen atoms in total. The fourth-order valence-corrected chi connectivity index (χ4v) is 3.48. The lowest BCUT2D eigenvalue weighted by molar-refractivity contribution is -1.07. The highest BCUT2D eigenvalue weighted by atomic mass is 16.3. The molecule has 0 aromatic rings. The van der Waals surface area contributed by atoms with E-state index in [1.807, 2.05) is 0 Å². The molecule has 0 bridgehead atoms. The van der Waals surface area contributed by atoms with Crippen LogP contribution in [0.1, 0.15) is 0 Å². The summed E-state index contributed by atoms with van der Waals surface area (Å²) in [7, 11) is 0. The van der Waals surface area contributed by atoms with E-state index in [2.05, 4.69) is 0 Å². The Morgan fingerprint density at radius 3 is 1.14 bits per heavy atom. The molecule has 0 unspecified atom stereocenters. The largest absolute Gasteiger partial charge is 0.382 e. The molecule has 0 amide bonds. The third-order valence-electron chi connectivity index (χ3n) is 4.49. The van der Waals surface area contributed by atoms with Crippen LogP contribution in [0.5, 0.6) is 0 Å². The highest BCUT2D eigenvalue weighted by Crippen LogP contribution is 2.30. The molecule has 0 radical (unpaired) electrons. The molecule has 3 fully saturated rings. The van der Waals surface area contributed by atoms with E-state index >= 15 is 0 Å². The van der Waals surface area contributed by atoms with Gasteiger partial charge >= 0.3 is 0 Å². The second kappa shape index (κ2) is 2.70. The average Bonchev–Trinajstić information content (AvgIpc) is 2.04. The molecule has 0 atom stereocenters. The molecule has 14 heavy (non-hydrogen) atoms. The Morgan fingerprint density at radius 1 is 0.643 bits per heavy atom. The molecule has 2 N–H and O–H groups in total. The molecule has 3 heterocycles. The van der Waals surface area contributed by atoms with Crippen molar-refractivity contribution in [3.05, 3.63) is 0 Å². The quantitative estimate of drug-likeness (QED) is 0.462. The Hall–Kier alpha value is -0.160. The number of nitrogens with zero attached hydrogens (tertiary/aromatic N) is 2. The minimum absolute atomic E-state index is 0.0384. The van der Waals surface area contributed by atoms with Gasteiger partial charge in [-0.25, -0.2) is 0 Å². The summed E-state index contributed by atoms with van der Waals surface area (Å²) in [5.74, 6) is 0. The fourth-order valence-electron chi connectivity index (χ4n) is 3.48. The molecule has 2 spiro atoms. The van der Waals surface area contributed by atoms with Crippen LogP contribution in [0.15, 0.2) is 0 Å². The van der Waals surface area contributed by atoms with Crippen LogP contribution in [0.3, 0.4) is 0 Å². The van der Waals surface area contributed by atoms with E-state index in [1.165, 1.54) is 26.2 Å². The van der Waals surface area contributed by atoms with Gasteiger partial charge in [-0.05, 0) is 0 Å². The zero-order chi connectivity index (χ0) is 9.81. The van der Waals surface area contributed by atoms with Crippen LogP contribution in [0, 0.1) is 0 Å². The first kappa shape index (κ1) is 9.09. The fraction of sp³-hybridized carbons (Fsp3) is 1.00. The highest BCUT2D eigenvalue weighted by molar-refractivity contribution is 4.74. The van der Waals surface area contributed by atoms with Crippen molar-refractivity contribution in [1.82, 2.24) is 0 Å². The Balaban J connectivity index is 1.58. The first-order chi connectivity index (χ1) is 6.62. The van der Waals surface area contributed by atoms with Gasteiger partial charge in [0, 0.05) is 0 Å². The zero-order valence-corrected chi connectivity index (χ0v) is 8.60. The van der Waals surface area contributed by atoms with E-state index in [0.29, 0.717) is 0 Å². The highest BCUT2D eigenvalue weighted by Gasteiger charge is 2.53. The second-order valence-electron chi connectivity index (χ2n) is 5.62. The van der Waals surface area contributed by atoms with Gasteiger partial charge in [0.05, 0.1) is 0 Å². The van der Waals surface area contributed by atoms with E-state index in [0.717, 1.165) is 35.1 Å². The van der Waals surface area contributed by atoms with Crippen LogP contribution in [0.2, 0.25) is 0 Å². The molecular weight excluding hydrogens is 180 g/mol. The third-order valence-corrected chi connectivity index (χ3v) is 4.49. The maximum Gasteiger partial charge on any atom is 0.152 e. The molecule has 0 aliphatic carbocycles. The van der Waals surface area contributed by atoms with Gasteiger partial charge in [0.15, 0.2) is 12.2 Å². The number of quaternary nitrogens is 2. The lowest BCUT2D eigenvalue weighted by atomic mass is 9.98. The summed E-state index contributed by atoms with van der Waals surface area (Å²) in [6, 6.07) is 0. The minimum atomic E-state index is -0.0384. The number of hydrogen-bond acceptors (Lipinski definition) is 2. The molecule has 0 aromatic carbocycles. The molecule has 4 heteroatoms. The molecular formula is C10H20N2O2+2. The Kier molecular flexibility index (Phi) is 1.75. The standard InChI is InChI=1S/C10H20N2O2/c13-9-5-11(6-9)1-2-12(4-3-11)7-10(14)8-12/h9-10,13-14H,1-8H2/q+2. The van der Waals surface area contributed by atoms with Crippen molar-refractivity contribution >= 4 is 0 Å². The van der Waals surface area contributed by atoms with E-state index in [1.54, 1.807) is 0 Å². The molecule has 80 valence electrons. The molecule has 0 saturated carbocycles. The smallest absolute Gasteiger partial charge is 0.152 e. The van der Waals surface area contributed by atoms with E-state index in [4.69, 9.17) is 0 Å². The van der Waals surface area contributed by atoms with Gasteiger partial charge in [0.1, 0.15) is 52.4 Å². The predicted octanol–water partition coefficient (Wildman–Crippen LogP) is -1.62. The minimum Gasteiger partial charge on any atom is -0.382 e. The van der Waals surface area contributed by atoms with Gasteiger partial charge in [0.2, 0.25) is 0 Å². The first-order valence-electron chi connectivity index (χ1n) is 5.68. The molecule has 3 saturated heterocycles. The van der Waals surface area contributed by atoms with Gasteiger partial charge in [-0.3, -0.25) is 0 Å². The molecule has 3 aliphatic heterocycles. The number of aliphatic hydroxyl groups is 2. The summed E-state index contributed by atoms with van der Waals surface area (Å²) in [5, 5.41) is 18.7. The van der Waals surface area contributed by atoms with Crippen molar-refractivity contribution in [2.24, 2.45) is 0 Å². The predicted molar refractivity (Wildman–Crippen MR) is 51.5 cm³/mol. The van der Waals surface area contributed by atoms with Gasteiger partial charge in [0.25, 0.3) is 0 Å². The summed E-state index contributed by atoms with van der Waals surface area (Å²) >= 11 is 0. The molecule has 3 rings (SSSR count). The van der Waals surface area contributed by atoms with Crippen LogP contribution < -0.4 is 0 Å². The zero-order valence-electron chi connectivity index (χ0n) is 8.60. The maximum atomic E-state index is 9.35. The summed E-state index contributed by atoms with van der Waals surface area (Å²) in [5.41, 5.74) is 0. The monoisotopic (exact) mass is 200 g/mol. The van der Waals surface area contributed by atoms with Crippen LogP contribution in [-0.2, 0) is 0 Å². The maximum absolute atomic E-state index is 9.35. The van der Waals surface area contributed by atoms with Crippen molar-refractivity contribution < 1.29 is 19.2 Å². The van der Waals surface area contributed by atoms with E-state index < -0.39 is 0 Å². The Bertz CT molecular complexity index is 207. The summed E-state index contributed by atoms with van der Waals surface area (Å²) < 4.78 is 2.30. The molecule has 3 aliphatic rings. The van der Waals surface area contributed by atoms with Crippen LogP contribution in [0.4, 0.5) is 0 Å². The topological polar surface area (TPSA) is 40.5 Å². The van der Waals surface area contributed by atoms with Crippen molar-refractivity contribution in [3.8, 4) is 0 Å².